The molecule has 0 aliphatic carbocycles. The van der Waals surface area contributed by atoms with Crippen LogP contribution >= 0.6 is 23.2 Å². The van der Waals surface area contributed by atoms with E-state index < -0.39 is 0 Å². The number of amides is 1. The van der Waals surface area contributed by atoms with Crippen LogP contribution in [-0.2, 0) is 0 Å². The van der Waals surface area contributed by atoms with E-state index in [0.717, 1.165) is 0 Å². The number of halogens is 2. The number of nitrogens with zero attached hydrogens (tertiary/aromatic N) is 2. The third-order valence-corrected chi connectivity index (χ3v) is 3.60. The van der Waals surface area contributed by atoms with Crippen molar-refractivity contribution in [2.45, 2.75) is 13.8 Å². The summed E-state index contributed by atoms with van der Waals surface area (Å²) in [5, 5.41) is 6.60. The highest BCUT2D eigenvalue weighted by Crippen LogP contribution is 2.30. The van der Waals surface area contributed by atoms with Crippen LogP contribution in [0.5, 0.6) is 0 Å². The van der Waals surface area contributed by atoms with E-state index in [-0.39, 0.29) is 5.91 Å². The highest BCUT2D eigenvalue weighted by molar-refractivity contribution is 6.43. The lowest BCUT2D eigenvalue weighted by Gasteiger charge is -2.09. The Hall–Kier alpha value is -1.85. The highest BCUT2D eigenvalue weighted by atomic mass is 35.5. The lowest BCUT2D eigenvalue weighted by atomic mass is 10.2. The molecule has 0 atom stereocenters. The number of carbonyl (C=O) groups excluding carboxylic acids is 1. The third kappa shape index (κ3) is 4.32. The maximum Gasteiger partial charge on any atom is 0.254 e. The minimum absolute atomic E-state index is 0.193. The van der Waals surface area contributed by atoms with Crippen LogP contribution in [0.4, 0.5) is 11.6 Å². The van der Waals surface area contributed by atoms with Crippen LogP contribution in [0, 0.1) is 5.92 Å². The van der Waals surface area contributed by atoms with Gasteiger partial charge in [0.15, 0.2) is 0 Å². The average Bonchev–Trinajstić information content (AvgIpc) is 2.50. The fraction of sp³-hybridized carbons (Fsp3) is 0.267. The summed E-state index contributed by atoms with van der Waals surface area (Å²) in [6, 6.07) is 5.23. The van der Waals surface area contributed by atoms with Crippen molar-refractivity contribution in [3.8, 4) is 0 Å². The molecule has 0 radical (unpaired) electrons. The van der Waals surface area contributed by atoms with Crippen molar-refractivity contribution in [2.24, 2.45) is 5.92 Å². The molecule has 1 aromatic heterocycles. The molecule has 0 saturated heterocycles. The molecule has 0 fully saturated rings. The van der Waals surface area contributed by atoms with Crippen molar-refractivity contribution in [2.75, 3.05) is 11.9 Å². The molecule has 0 aliphatic heterocycles. The van der Waals surface area contributed by atoms with E-state index in [0.29, 0.717) is 39.7 Å². The zero-order chi connectivity index (χ0) is 16.1. The van der Waals surface area contributed by atoms with Gasteiger partial charge in [-0.15, -0.1) is 0 Å². The number of aromatic nitrogens is 2. The minimum Gasteiger partial charge on any atom is -0.352 e. The molecule has 2 N–H and O–H groups in total. The number of anilines is 2. The molecule has 1 heterocycles. The van der Waals surface area contributed by atoms with Crippen LogP contribution in [0.15, 0.2) is 30.6 Å². The van der Waals surface area contributed by atoms with Gasteiger partial charge in [0.05, 0.1) is 21.3 Å². The molecule has 1 amide bonds. The molecule has 1 aromatic carbocycles. The third-order valence-electron chi connectivity index (χ3n) is 2.78. The number of benzene rings is 1. The van der Waals surface area contributed by atoms with Gasteiger partial charge in [-0.25, -0.2) is 9.97 Å². The van der Waals surface area contributed by atoms with Crippen LogP contribution < -0.4 is 10.6 Å². The van der Waals surface area contributed by atoms with E-state index in [1.807, 2.05) is 13.8 Å². The molecule has 2 rings (SSSR count). The molecule has 2 aromatic rings. The fourth-order valence-electron chi connectivity index (χ4n) is 1.63. The Morgan fingerprint density at radius 1 is 1.23 bits per heavy atom. The Bertz CT molecular complexity index is 659. The first-order valence-corrected chi connectivity index (χ1v) is 7.54. The Balaban J connectivity index is 2.06. The second-order valence-corrected chi connectivity index (χ2v) is 5.91. The number of carbonyl (C=O) groups is 1. The molecule has 116 valence electrons. The van der Waals surface area contributed by atoms with Gasteiger partial charge in [-0.3, -0.25) is 4.79 Å². The largest absolute Gasteiger partial charge is 0.352 e. The van der Waals surface area contributed by atoms with Crippen LogP contribution in [0.2, 0.25) is 10.0 Å². The maximum atomic E-state index is 11.9. The van der Waals surface area contributed by atoms with Crippen molar-refractivity contribution in [1.29, 1.82) is 0 Å². The second-order valence-electron chi connectivity index (χ2n) is 5.13. The monoisotopic (exact) mass is 338 g/mol. The summed E-state index contributed by atoms with van der Waals surface area (Å²) in [5.74, 6) is 0.529. The summed E-state index contributed by atoms with van der Waals surface area (Å²) in [7, 11) is 0. The Morgan fingerprint density at radius 2 is 1.91 bits per heavy atom. The van der Waals surface area contributed by atoms with Gasteiger partial charge in [0.1, 0.15) is 0 Å². The Labute approximate surface area is 139 Å². The average molecular weight is 339 g/mol. The molecular formula is C15H16Cl2N4O. The smallest absolute Gasteiger partial charge is 0.254 e. The van der Waals surface area contributed by atoms with E-state index in [1.165, 1.54) is 12.4 Å². The minimum atomic E-state index is -0.193. The normalized spacial score (nSPS) is 10.6. The quantitative estimate of drug-likeness (QED) is 0.867. The molecule has 22 heavy (non-hydrogen) atoms. The number of rotatable bonds is 5. The number of hydrogen-bond donors (Lipinski definition) is 2. The van der Waals surface area contributed by atoms with Crippen LogP contribution in [0.3, 0.4) is 0 Å². The zero-order valence-corrected chi connectivity index (χ0v) is 13.7. The number of hydrogen-bond acceptors (Lipinski definition) is 4. The highest BCUT2D eigenvalue weighted by Gasteiger charge is 2.09. The molecular weight excluding hydrogens is 323 g/mol. The summed E-state index contributed by atoms with van der Waals surface area (Å²) in [6.45, 7) is 4.66. The van der Waals surface area contributed by atoms with Gasteiger partial charge >= 0.3 is 0 Å². The first-order valence-electron chi connectivity index (χ1n) is 6.78. The first kappa shape index (κ1) is 16.5. The zero-order valence-electron chi connectivity index (χ0n) is 12.2. The van der Waals surface area contributed by atoms with Crippen LogP contribution in [0.1, 0.15) is 24.2 Å². The van der Waals surface area contributed by atoms with Gasteiger partial charge in [0.25, 0.3) is 5.91 Å². The first-order chi connectivity index (χ1) is 10.5. The summed E-state index contributed by atoms with van der Waals surface area (Å²) in [5.41, 5.74) is 1.01. The van der Waals surface area contributed by atoms with Crippen molar-refractivity contribution in [3.63, 3.8) is 0 Å². The lowest BCUT2D eigenvalue weighted by molar-refractivity contribution is 0.0948. The molecule has 5 nitrogen and oxygen atoms in total. The molecule has 0 unspecified atom stereocenters. The van der Waals surface area contributed by atoms with Crippen molar-refractivity contribution in [3.05, 3.63) is 46.2 Å². The topological polar surface area (TPSA) is 66.9 Å². The molecule has 0 spiro atoms. The molecule has 7 heteroatoms. The predicted molar refractivity (Wildman–Crippen MR) is 88.9 cm³/mol. The summed E-state index contributed by atoms with van der Waals surface area (Å²) >= 11 is 12.0. The van der Waals surface area contributed by atoms with Crippen molar-refractivity contribution >= 4 is 40.7 Å². The summed E-state index contributed by atoms with van der Waals surface area (Å²) in [4.78, 5) is 20.1. The molecule has 0 bridgehead atoms. The van der Waals surface area contributed by atoms with Crippen LogP contribution in [0.25, 0.3) is 0 Å². The van der Waals surface area contributed by atoms with E-state index in [1.54, 1.807) is 18.2 Å². The van der Waals surface area contributed by atoms with Gasteiger partial charge in [-0.2, -0.15) is 0 Å². The Morgan fingerprint density at radius 3 is 2.55 bits per heavy atom. The maximum absolute atomic E-state index is 11.9. The van der Waals surface area contributed by atoms with E-state index in [2.05, 4.69) is 20.6 Å². The van der Waals surface area contributed by atoms with Gasteiger partial charge in [-0.1, -0.05) is 43.1 Å². The second kappa shape index (κ2) is 7.42. The molecule has 0 saturated carbocycles. The van der Waals surface area contributed by atoms with E-state index >= 15 is 0 Å². The van der Waals surface area contributed by atoms with Gasteiger partial charge < -0.3 is 10.6 Å². The fourth-order valence-corrected chi connectivity index (χ4v) is 1.98. The predicted octanol–water partition coefficient (Wildman–Crippen LogP) is 3.91. The van der Waals surface area contributed by atoms with Crippen LogP contribution in [-0.4, -0.2) is 22.4 Å². The number of nitrogens with one attached hydrogen (secondary N) is 2. The van der Waals surface area contributed by atoms with Gasteiger partial charge in [0.2, 0.25) is 5.95 Å². The van der Waals surface area contributed by atoms with E-state index in [9.17, 15) is 4.79 Å². The standard InChI is InChI=1S/C15H16Cl2N4O/c1-9(2)6-18-14(22)10-7-19-15(20-8-10)21-12-5-3-4-11(16)13(12)17/h3-5,7-9H,6H2,1-2H3,(H,18,22)(H,19,20,21). The van der Waals surface area contributed by atoms with Gasteiger partial charge in [0, 0.05) is 18.9 Å². The van der Waals surface area contributed by atoms with Crippen molar-refractivity contribution in [1.82, 2.24) is 15.3 Å². The van der Waals surface area contributed by atoms with E-state index in [4.69, 9.17) is 23.2 Å². The van der Waals surface area contributed by atoms with Gasteiger partial charge in [-0.05, 0) is 18.1 Å². The Kier molecular flexibility index (Phi) is 5.57. The molecule has 0 aliphatic rings. The SMILES string of the molecule is CC(C)CNC(=O)c1cnc(Nc2cccc(Cl)c2Cl)nc1. The lowest BCUT2D eigenvalue weighted by Crippen LogP contribution is -2.27. The van der Waals surface area contributed by atoms with Crippen molar-refractivity contribution < 1.29 is 4.79 Å². The summed E-state index contributed by atoms with van der Waals surface area (Å²) in [6.07, 6.45) is 2.92. The summed E-state index contributed by atoms with van der Waals surface area (Å²) < 4.78 is 0.